The van der Waals surface area contributed by atoms with Crippen molar-refractivity contribution < 1.29 is 5.11 Å². The summed E-state index contributed by atoms with van der Waals surface area (Å²) in [5, 5.41) is 12.9. The fourth-order valence-electron chi connectivity index (χ4n) is 1.84. The minimum absolute atomic E-state index is 0.313. The van der Waals surface area contributed by atoms with Gasteiger partial charge < -0.3 is 15.3 Å². The SMILES string of the molecule is Oc1cnccc1CCN1CCNCC1. The van der Waals surface area contributed by atoms with E-state index in [0.29, 0.717) is 5.75 Å². The fraction of sp³-hybridized carbons (Fsp3) is 0.545. The summed E-state index contributed by atoms with van der Waals surface area (Å²) in [7, 11) is 0. The van der Waals surface area contributed by atoms with E-state index < -0.39 is 0 Å². The molecule has 2 rings (SSSR count). The molecule has 0 amide bonds. The van der Waals surface area contributed by atoms with Crippen LogP contribution in [0.2, 0.25) is 0 Å². The van der Waals surface area contributed by atoms with Gasteiger partial charge in [0.15, 0.2) is 0 Å². The van der Waals surface area contributed by atoms with E-state index in [-0.39, 0.29) is 0 Å². The van der Waals surface area contributed by atoms with E-state index in [1.165, 1.54) is 6.20 Å². The summed E-state index contributed by atoms with van der Waals surface area (Å²) in [6.07, 6.45) is 4.13. The van der Waals surface area contributed by atoms with E-state index in [4.69, 9.17) is 0 Å². The largest absolute Gasteiger partial charge is 0.506 e. The van der Waals surface area contributed by atoms with Crippen molar-refractivity contribution in [2.24, 2.45) is 0 Å². The maximum absolute atomic E-state index is 9.55. The number of rotatable bonds is 3. The maximum Gasteiger partial charge on any atom is 0.137 e. The second kappa shape index (κ2) is 5.09. The number of pyridine rings is 1. The lowest BCUT2D eigenvalue weighted by Gasteiger charge is -2.27. The average molecular weight is 207 g/mol. The summed E-state index contributed by atoms with van der Waals surface area (Å²) in [5.41, 5.74) is 0.989. The van der Waals surface area contributed by atoms with Gasteiger partial charge in [0.2, 0.25) is 0 Å². The minimum Gasteiger partial charge on any atom is -0.506 e. The van der Waals surface area contributed by atoms with E-state index in [2.05, 4.69) is 15.2 Å². The van der Waals surface area contributed by atoms with Crippen molar-refractivity contribution in [3.8, 4) is 5.75 Å². The lowest BCUT2D eigenvalue weighted by molar-refractivity contribution is 0.243. The number of hydrogen-bond donors (Lipinski definition) is 2. The highest BCUT2D eigenvalue weighted by atomic mass is 16.3. The molecule has 0 bridgehead atoms. The molecule has 15 heavy (non-hydrogen) atoms. The Bertz CT molecular complexity index is 310. The van der Waals surface area contributed by atoms with Gasteiger partial charge in [0.25, 0.3) is 0 Å². The summed E-state index contributed by atoms with van der Waals surface area (Å²) in [6, 6.07) is 1.89. The Kier molecular flexibility index (Phi) is 3.53. The van der Waals surface area contributed by atoms with Crippen molar-refractivity contribution in [3.05, 3.63) is 24.0 Å². The van der Waals surface area contributed by atoms with Gasteiger partial charge in [0.05, 0.1) is 6.20 Å². The van der Waals surface area contributed by atoms with Gasteiger partial charge in [-0.1, -0.05) is 0 Å². The van der Waals surface area contributed by atoms with Gasteiger partial charge in [-0.3, -0.25) is 4.98 Å². The van der Waals surface area contributed by atoms with Gasteiger partial charge in [0, 0.05) is 38.9 Å². The number of aromatic nitrogens is 1. The molecule has 1 fully saturated rings. The van der Waals surface area contributed by atoms with Crippen LogP contribution in [-0.2, 0) is 6.42 Å². The highest BCUT2D eigenvalue weighted by molar-refractivity contribution is 5.28. The summed E-state index contributed by atoms with van der Waals surface area (Å²) in [4.78, 5) is 6.28. The second-order valence-corrected chi connectivity index (χ2v) is 3.85. The smallest absolute Gasteiger partial charge is 0.137 e. The Morgan fingerprint density at radius 3 is 2.93 bits per heavy atom. The van der Waals surface area contributed by atoms with Gasteiger partial charge in [-0.15, -0.1) is 0 Å². The van der Waals surface area contributed by atoms with E-state index in [1.807, 2.05) is 6.07 Å². The minimum atomic E-state index is 0.313. The van der Waals surface area contributed by atoms with Gasteiger partial charge in [-0.05, 0) is 18.1 Å². The lowest BCUT2D eigenvalue weighted by atomic mass is 10.1. The predicted octanol–water partition coefficient (Wildman–Crippen LogP) is 0.235. The van der Waals surface area contributed by atoms with Crippen molar-refractivity contribution in [1.82, 2.24) is 15.2 Å². The summed E-state index contributed by atoms with van der Waals surface area (Å²) in [5.74, 6) is 0.313. The van der Waals surface area contributed by atoms with Crippen molar-refractivity contribution in [2.75, 3.05) is 32.7 Å². The van der Waals surface area contributed by atoms with Crippen LogP contribution in [0.4, 0.5) is 0 Å². The molecule has 0 saturated carbocycles. The maximum atomic E-state index is 9.55. The monoisotopic (exact) mass is 207 g/mol. The molecule has 0 radical (unpaired) electrons. The zero-order valence-electron chi connectivity index (χ0n) is 8.82. The van der Waals surface area contributed by atoms with Gasteiger partial charge in [-0.25, -0.2) is 0 Å². The first-order chi connectivity index (χ1) is 7.36. The molecule has 1 aromatic heterocycles. The number of hydrogen-bond acceptors (Lipinski definition) is 4. The van der Waals surface area contributed by atoms with Crippen molar-refractivity contribution in [1.29, 1.82) is 0 Å². The predicted molar refractivity (Wildman–Crippen MR) is 58.9 cm³/mol. The zero-order chi connectivity index (χ0) is 10.5. The molecule has 0 atom stereocenters. The van der Waals surface area contributed by atoms with Crippen LogP contribution >= 0.6 is 0 Å². The zero-order valence-corrected chi connectivity index (χ0v) is 8.82. The molecule has 1 aromatic rings. The first kappa shape index (κ1) is 10.4. The molecular weight excluding hydrogens is 190 g/mol. The summed E-state index contributed by atoms with van der Waals surface area (Å²) in [6.45, 7) is 5.36. The molecule has 0 spiro atoms. The van der Waals surface area contributed by atoms with Gasteiger partial charge in [0.1, 0.15) is 5.75 Å². The Labute approximate surface area is 89.9 Å². The van der Waals surface area contributed by atoms with E-state index in [0.717, 1.165) is 44.7 Å². The number of aromatic hydroxyl groups is 1. The number of nitrogens with one attached hydrogen (secondary N) is 1. The summed E-state index contributed by atoms with van der Waals surface area (Å²) >= 11 is 0. The molecule has 2 heterocycles. The molecule has 4 nitrogen and oxygen atoms in total. The molecule has 2 N–H and O–H groups in total. The fourth-order valence-corrected chi connectivity index (χ4v) is 1.84. The van der Waals surface area contributed by atoms with Crippen molar-refractivity contribution in [3.63, 3.8) is 0 Å². The molecule has 0 aliphatic carbocycles. The first-order valence-electron chi connectivity index (χ1n) is 5.41. The van der Waals surface area contributed by atoms with E-state index in [9.17, 15) is 5.11 Å². The molecule has 1 aliphatic heterocycles. The third-order valence-corrected chi connectivity index (χ3v) is 2.79. The van der Waals surface area contributed by atoms with Crippen molar-refractivity contribution >= 4 is 0 Å². The van der Waals surface area contributed by atoms with Crippen LogP contribution in [0.1, 0.15) is 5.56 Å². The van der Waals surface area contributed by atoms with Gasteiger partial charge in [-0.2, -0.15) is 0 Å². The van der Waals surface area contributed by atoms with E-state index in [1.54, 1.807) is 6.20 Å². The Morgan fingerprint density at radius 1 is 1.40 bits per heavy atom. The second-order valence-electron chi connectivity index (χ2n) is 3.85. The Balaban J connectivity index is 1.84. The third kappa shape index (κ3) is 2.91. The highest BCUT2D eigenvalue weighted by Crippen LogP contribution is 2.14. The standard InChI is InChI=1S/C11H17N3O/c15-11-9-13-3-1-10(11)2-6-14-7-4-12-5-8-14/h1,3,9,12,15H,2,4-8H2. The third-order valence-electron chi connectivity index (χ3n) is 2.79. The Morgan fingerprint density at radius 2 is 2.20 bits per heavy atom. The van der Waals surface area contributed by atoms with Crippen LogP contribution in [0.5, 0.6) is 5.75 Å². The molecule has 82 valence electrons. The van der Waals surface area contributed by atoms with Crippen LogP contribution in [0.25, 0.3) is 0 Å². The summed E-state index contributed by atoms with van der Waals surface area (Å²) < 4.78 is 0. The normalized spacial score (nSPS) is 17.9. The van der Waals surface area contributed by atoms with Gasteiger partial charge >= 0.3 is 0 Å². The first-order valence-corrected chi connectivity index (χ1v) is 5.41. The molecule has 1 aliphatic rings. The van der Waals surface area contributed by atoms with Crippen LogP contribution in [0, 0.1) is 0 Å². The lowest BCUT2D eigenvalue weighted by Crippen LogP contribution is -2.44. The number of piperazine rings is 1. The van der Waals surface area contributed by atoms with Crippen LogP contribution < -0.4 is 5.32 Å². The molecule has 0 aromatic carbocycles. The van der Waals surface area contributed by atoms with Crippen LogP contribution in [0.3, 0.4) is 0 Å². The molecule has 0 unspecified atom stereocenters. The van der Waals surface area contributed by atoms with Crippen LogP contribution in [-0.4, -0.2) is 47.7 Å². The Hall–Kier alpha value is -1.13. The quantitative estimate of drug-likeness (QED) is 0.745. The highest BCUT2D eigenvalue weighted by Gasteiger charge is 2.09. The average Bonchev–Trinajstić information content (AvgIpc) is 2.29. The molecular formula is C11H17N3O. The molecule has 1 saturated heterocycles. The number of nitrogens with zero attached hydrogens (tertiary/aromatic N) is 2. The van der Waals surface area contributed by atoms with E-state index >= 15 is 0 Å². The topological polar surface area (TPSA) is 48.4 Å². The van der Waals surface area contributed by atoms with Crippen molar-refractivity contribution in [2.45, 2.75) is 6.42 Å². The molecule has 4 heteroatoms. The van der Waals surface area contributed by atoms with Crippen LogP contribution in [0.15, 0.2) is 18.5 Å².